The fourth-order valence-electron chi connectivity index (χ4n) is 4.70. The van der Waals surface area contributed by atoms with Crippen LogP contribution in [0.3, 0.4) is 0 Å². The van der Waals surface area contributed by atoms with Crippen molar-refractivity contribution in [3.05, 3.63) is 42.5 Å². The molecule has 1 aliphatic carbocycles. The van der Waals surface area contributed by atoms with E-state index in [2.05, 4.69) is 29.4 Å². The van der Waals surface area contributed by atoms with E-state index in [9.17, 15) is 9.59 Å². The Balaban J connectivity index is 1.46. The number of nitrogens with one attached hydrogen (secondary N) is 1. The molecule has 0 bridgehead atoms. The number of carbonyl (C=O) groups is 2. The molecule has 1 atom stereocenters. The molecule has 8 heteroatoms. The van der Waals surface area contributed by atoms with Crippen LogP contribution in [0.4, 0.5) is 10.5 Å². The fourth-order valence-corrected chi connectivity index (χ4v) is 4.70. The first-order valence-electron chi connectivity index (χ1n) is 12.8. The largest absolute Gasteiger partial charge is 0.514 e. The number of benzene rings is 2. The standard InChI is InChI=1S/C28H36N4O4/c1-6-18(2)19-11-13-20(14-12-19)26(33)29-21-15-16-22-23(17-21)31-32(30-22)24-9-7-8-10-25(24)35-27(34)36-28(3,4)5/h7-10,15-20H,6,11-14H2,1-5H3,(H,29,33). The molecular weight excluding hydrogens is 456 g/mol. The zero-order valence-corrected chi connectivity index (χ0v) is 21.8. The molecule has 4 rings (SSSR count). The molecule has 0 saturated heterocycles. The maximum Gasteiger partial charge on any atom is 0.514 e. The highest BCUT2D eigenvalue weighted by Gasteiger charge is 2.28. The third-order valence-electron chi connectivity index (χ3n) is 6.90. The molecule has 1 unspecified atom stereocenters. The van der Waals surface area contributed by atoms with Gasteiger partial charge in [-0.1, -0.05) is 32.4 Å². The Kier molecular flexibility index (Phi) is 7.62. The van der Waals surface area contributed by atoms with E-state index in [1.165, 1.54) is 11.2 Å². The van der Waals surface area contributed by atoms with E-state index >= 15 is 0 Å². The number of nitrogens with zero attached hydrogens (tertiary/aromatic N) is 3. The molecule has 0 spiro atoms. The minimum absolute atomic E-state index is 0.0496. The van der Waals surface area contributed by atoms with Crippen molar-refractivity contribution in [1.82, 2.24) is 15.0 Å². The summed E-state index contributed by atoms with van der Waals surface area (Å²) >= 11 is 0. The van der Waals surface area contributed by atoms with Crippen LogP contribution in [0.15, 0.2) is 42.5 Å². The highest BCUT2D eigenvalue weighted by Crippen LogP contribution is 2.35. The topological polar surface area (TPSA) is 95.3 Å². The van der Waals surface area contributed by atoms with Gasteiger partial charge in [-0.05, 0) is 88.6 Å². The lowest BCUT2D eigenvalue weighted by atomic mass is 9.75. The molecule has 1 aromatic heterocycles. The minimum atomic E-state index is -0.796. The zero-order valence-electron chi connectivity index (χ0n) is 21.8. The molecule has 0 aliphatic heterocycles. The van der Waals surface area contributed by atoms with Gasteiger partial charge in [0.1, 0.15) is 22.3 Å². The van der Waals surface area contributed by atoms with Crippen molar-refractivity contribution in [2.24, 2.45) is 17.8 Å². The number of amides is 1. The first-order chi connectivity index (χ1) is 17.1. The van der Waals surface area contributed by atoms with E-state index in [0.717, 1.165) is 37.5 Å². The zero-order chi connectivity index (χ0) is 25.9. The van der Waals surface area contributed by atoms with Crippen molar-refractivity contribution < 1.29 is 19.1 Å². The Labute approximate surface area is 212 Å². The van der Waals surface area contributed by atoms with E-state index in [0.29, 0.717) is 22.4 Å². The van der Waals surface area contributed by atoms with E-state index in [-0.39, 0.29) is 17.6 Å². The van der Waals surface area contributed by atoms with Crippen molar-refractivity contribution in [2.45, 2.75) is 72.3 Å². The second kappa shape index (κ2) is 10.7. The van der Waals surface area contributed by atoms with E-state index in [4.69, 9.17) is 9.47 Å². The Morgan fingerprint density at radius 2 is 1.75 bits per heavy atom. The predicted molar refractivity (Wildman–Crippen MR) is 139 cm³/mol. The number of para-hydroxylation sites is 2. The van der Waals surface area contributed by atoms with Crippen LogP contribution in [0.25, 0.3) is 16.7 Å². The van der Waals surface area contributed by atoms with Crippen LogP contribution in [-0.2, 0) is 9.53 Å². The quantitative estimate of drug-likeness (QED) is 0.311. The summed E-state index contributed by atoms with van der Waals surface area (Å²) in [6.45, 7) is 9.88. The predicted octanol–water partition coefficient (Wildman–Crippen LogP) is 6.53. The summed E-state index contributed by atoms with van der Waals surface area (Å²) in [5, 5.41) is 12.2. The van der Waals surface area contributed by atoms with Crippen LogP contribution in [0.5, 0.6) is 5.75 Å². The van der Waals surface area contributed by atoms with Crippen molar-refractivity contribution in [2.75, 3.05) is 5.32 Å². The SMILES string of the molecule is CCC(C)C1CCC(C(=O)Nc2ccc3nn(-c4ccccc4OC(=O)OC(C)(C)C)nc3c2)CC1. The summed E-state index contributed by atoms with van der Waals surface area (Å²) < 4.78 is 10.7. The van der Waals surface area contributed by atoms with Gasteiger partial charge in [0.25, 0.3) is 0 Å². The van der Waals surface area contributed by atoms with Gasteiger partial charge in [-0.15, -0.1) is 15.0 Å². The number of hydrogen-bond donors (Lipinski definition) is 1. The van der Waals surface area contributed by atoms with E-state index < -0.39 is 11.8 Å². The number of ether oxygens (including phenoxy) is 2. The lowest BCUT2D eigenvalue weighted by molar-refractivity contribution is -0.121. The normalized spacial score (nSPS) is 19.0. The van der Waals surface area contributed by atoms with Gasteiger partial charge in [-0.3, -0.25) is 4.79 Å². The number of hydrogen-bond acceptors (Lipinski definition) is 6. The Bertz CT molecular complexity index is 1220. The molecule has 3 aromatic rings. The van der Waals surface area contributed by atoms with Crippen molar-refractivity contribution in [3.63, 3.8) is 0 Å². The molecule has 1 N–H and O–H groups in total. The van der Waals surface area contributed by atoms with Crippen LogP contribution in [0.2, 0.25) is 0 Å². The molecule has 36 heavy (non-hydrogen) atoms. The Hall–Kier alpha value is -3.42. The number of anilines is 1. The molecule has 1 amide bonds. The Morgan fingerprint density at radius 3 is 2.44 bits per heavy atom. The second-order valence-electron chi connectivity index (χ2n) is 10.7. The monoisotopic (exact) mass is 492 g/mol. The number of rotatable bonds is 6. The fraction of sp³-hybridized carbons (Fsp3) is 0.500. The highest BCUT2D eigenvalue weighted by molar-refractivity contribution is 5.94. The molecule has 8 nitrogen and oxygen atoms in total. The average Bonchev–Trinajstić information content (AvgIpc) is 3.26. The summed E-state index contributed by atoms with van der Waals surface area (Å²) in [6, 6.07) is 12.5. The van der Waals surface area contributed by atoms with Crippen LogP contribution in [0.1, 0.15) is 66.7 Å². The van der Waals surface area contributed by atoms with Gasteiger partial charge in [0.05, 0.1) is 0 Å². The lowest BCUT2D eigenvalue weighted by Crippen LogP contribution is -2.28. The summed E-state index contributed by atoms with van der Waals surface area (Å²) in [6.07, 6.45) is 4.51. The maximum atomic E-state index is 12.9. The first kappa shape index (κ1) is 25.7. The van der Waals surface area contributed by atoms with Crippen molar-refractivity contribution >= 4 is 28.8 Å². The highest BCUT2D eigenvalue weighted by atomic mass is 16.7. The van der Waals surface area contributed by atoms with Gasteiger partial charge in [0, 0.05) is 11.6 Å². The third kappa shape index (κ3) is 6.22. The minimum Gasteiger partial charge on any atom is -0.428 e. The molecule has 1 fully saturated rings. The first-order valence-corrected chi connectivity index (χ1v) is 12.8. The molecule has 1 heterocycles. The molecule has 1 saturated carbocycles. The molecule has 192 valence electrons. The smallest absolute Gasteiger partial charge is 0.428 e. The summed E-state index contributed by atoms with van der Waals surface area (Å²) in [5.74, 6) is 1.86. The third-order valence-corrected chi connectivity index (χ3v) is 6.90. The van der Waals surface area contributed by atoms with Gasteiger partial charge in [-0.25, -0.2) is 4.79 Å². The lowest BCUT2D eigenvalue weighted by Gasteiger charge is -2.31. The number of carbonyl (C=O) groups excluding carboxylic acids is 2. The van der Waals surface area contributed by atoms with E-state index in [1.807, 2.05) is 24.3 Å². The van der Waals surface area contributed by atoms with Crippen LogP contribution < -0.4 is 10.1 Å². The number of aromatic nitrogens is 3. The van der Waals surface area contributed by atoms with Gasteiger partial charge >= 0.3 is 6.16 Å². The Morgan fingerprint density at radius 1 is 1.06 bits per heavy atom. The van der Waals surface area contributed by atoms with Crippen LogP contribution in [0, 0.1) is 17.8 Å². The average molecular weight is 493 g/mol. The summed E-state index contributed by atoms with van der Waals surface area (Å²) in [5.41, 5.74) is 1.82. The van der Waals surface area contributed by atoms with Gasteiger partial charge in [0.15, 0.2) is 5.75 Å². The van der Waals surface area contributed by atoms with Crippen LogP contribution >= 0.6 is 0 Å². The summed E-state index contributed by atoms with van der Waals surface area (Å²) in [4.78, 5) is 26.5. The molecule has 2 aromatic carbocycles. The van der Waals surface area contributed by atoms with Gasteiger partial charge < -0.3 is 14.8 Å². The van der Waals surface area contributed by atoms with E-state index in [1.54, 1.807) is 39.0 Å². The maximum absolute atomic E-state index is 12.9. The van der Waals surface area contributed by atoms with Gasteiger partial charge in [0.2, 0.25) is 5.91 Å². The van der Waals surface area contributed by atoms with Crippen LogP contribution in [-0.4, -0.2) is 32.7 Å². The molecule has 0 radical (unpaired) electrons. The second-order valence-corrected chi connectivity index (χ2v) is 10.7. The summed E-state index contributed by atoms with van der Waals surface area (Å²) in [7, 11) is 0. The van der Waals surface area contributed by atoms with Gasteiger partial charge in [-0.2, -0.15) is 0 Å². The molecular formula is C28H36N4O4. The van der Waals surface area contributed by atoms with Crippen molar-refractivity contribution in [3.8, 4) is 11.4 Å². The molecule has 1 aliphatic rings. The number of fused-ring (bicyclic) bond motifs is 1. The van der Waals surface area contributed by atoms with Crippen molar-refractivity contribution in [1.29, 1.82) is 0 Å².